The topological polar surface area (TPSA) is 126 Å². The number of carbonyl (C=O) groups is 1. The SMILES string of the molecule is CCCc1nc2ccc(CNC(=O)OCCCCn3cnc4c(N)nc(Cl)nc43)cc2n1C(C)C. The summed E-state index contributed by atoms with van der Waals surface area (Å²) >= 11 is 5.90. The summed E-state index contributed by atoms with van der Waals surface area (Å²) in [6, 6.07) is 6.42. The summed E-state index contributed by atoms with van der Waals surface area (Å²) in [6.45, 7) is 7.84. The zero-order valence-electron chi connectivity index (χ0n) is 20.3. The third-order valence-corrected chi connectivity index (χ3v) is 5.91. The molecule has 4 rings (SSSR count). The lowest BCUT2D eigenvalue weighted by Crippen LogP contribution is -2.24. The number of ether oxygens (including phenoxy) is 1. The number of imidazole rings is 2. The number of benzene rings is 1. The van der Waals surface area contributed by atoms with Crippen LogP contribution in [0.15, 0.2) is 24.5 Å². The molecule has 0 bridgehead atoms. The second-order valence-corrected chi connectivity index (χ2v) is 9.09. The van der Waals surface area contributed by atoms with Crippen LogP contribution < -0.4 is 11.1 Å². The van der Waals surface area contributed by atoms with Crippen LogP contribution in [0.1, 0.15) is 57.5 Å². The molecular weight excluding hydrogens is 468 g/mol. The van der Waals surface area contributed by atoms with E-state index in [1.54, 1.807) is 6.33 Å². The first kappa shape index (κ1) is 24.7. The highest BCUT2D eigenvalue weighted by Crippen LogP contribution is 2.23. The average molecular weight is 499 g/mol. The molecule has 0 saturated heterocycles. The number of unbranched alkanes of at least 4 members (excludes halogenated alkanes) is 1. The molecule has 4 aromatic rings. The number of carbonyl (C=O) groups excluding carboxylic acids is 1. The number of nitrogens with one attached hydrogen (secondary N) is 1. The lowest BCUT2D eigenvalue weighted by Gasteiger charge is -2.13. The van der Waals surface area contributed by atoms with Crippen molar-refractivity contribution in [3.8, 4) is 0 Å². The van der Waals surface area contributed by atoms with E-state index in [0.717, 1.165) is 41.7 Å². The Morgan fingerprint density at radius 3 is 2.83 bits per heavy atom. The summed E-state index contributed by atoms with van der Waals surface area (Å²) in [5.74, 6) is 1.36. The maximum Gasteiger partial charge on any atom is 0.407 e. The van der Waals surface area contributed by atoms with Gasteiger partial charge in [-0.15, -0.1) is 0 Å². The lowest BCUT2D eigenvalue weighted by molar-refractivity contribution is 0.143. The summed E-state index contributed by atoms with van der Waals surface area (Å²) in [4.78, 5) is 29.3. The number of anilines is 1. The van der Waals surface area contributed by atoms with Crippen LogP contribution in [-0.4, -0.2) is 41.8 Å². The van der Waals surface area contributed by atoms with Gasteiger partial charge in [-0.1, -0.05) is 13.0 Å². The van der Waals surface area contributed by atoms with E-state index in [1.807, 2.05) is 16.7 Å². The van der Waals surface area contributed by atoms with E-state index in [0.29, 0.717) is 43.3 Å². The summed E-state index contributed by atoms with van der Waals surface area (Å²) in [5.41, 5.74) is 10.0. The molecule has 11 heteroatoms. The predicted molar refractivity (Wildman–Crippen MR) is 136 cm³/mol. The standard InChI is InChI=1S/C24H31ClN8O2/c1-4-7-19-29-17-9-8-16(12-18(17)33(19)15(2)3)13-27-24(34)35-11-6-5-10-32-14-28-20-21(26)30-23(25)31-22(20)32/h8-9,12,14-15H,4-7,10-11,13H2,1-3H3,(H,27,34)(H2,26,30,31). The molecule has 3 aromatic heterocycles. The summed E-state index contributed by atoms with van der Waals surface area (Å²) < 4.78 is 9.48. The number of amides is 1. The van der Waals surface area contributed by atoms with Crippen molar-refractivity contribution in [2.75, 3.05) is 12.3 Å². The van der Waals surface area contributed by atoms with Crippen molar-refractivity contribution in [3.05, 3.63) is 41.2 Å². The molecule has 0 fully saturated rings. The summed E-state index contributed by atoms with van der Waals surface area (Å²) in [7, 11) is 0. The fourth-order valence-electron chi connectivity index (χ4n) is 4.15. The van der Waals surface area contributed by atoms with Gasteiger partial charge in [0.15, 0.2) is 11.5 Å². The predicted octanol–water partition coefficient (Wildman–Crippen LogP) is 4.65. The van der Waals surface area contributed by atoms with Gasteiger partial charge < -0.3 is 24.9 Å². The Morgan fingerprint density at radius 1 is 1.23 bits per heavy atom. The van der Waals surface area contributed by atoms with E-state index >= 15 is 0 Å². The Morgan fingerprint density at radius 2 is 2.06 bits per heavy atom. The maximum absolute atomic E-state index is 12.2. The molecule has 186 valence electrons. The second-order valence-electron chi connectivity index (χ2n) is 8.75. The molecule has 0 radical (unpaired) electrons. The van der Waals surface area contributed by atoms with Crippen LogP contribution in [0, 0.1) is 0 Å². The molecule has 0 aliphatic rings. The van der Waals surface area contributed by atoms with Gasteiger partial charge in [0.05, 0.1) is 24.0 Å². The fraction of sp³-hybridized carbons (Fsp3) is 0.458. The Labute approximate surface area is 208 Å². The summed E-state index contributed by atoms with van der Waals surface area (Å²) in [5, 5.41) is 2.92. The largest absolute Gasteiger partial charge is 0.450 e. The van der Waals surface area contributed by atoms with Crippen LogP contribution in [0.25, 0.3) is 22.2 Å². The number of fused-ring (bicyclic) bond motifs is 2. The maximum atomic E-state index is 12.2. The van der Waals surface area contributed by atoms with Gasteiger partial charge in [-0.2, -0.15) is 9.97 Å². The molecular formula is C24H31ClN8O2. The molecule has 1 amide bonds. The Kier molecular flexibility index (Phi) is 7.70. The van der Waals surface area contributed by atoms with Crippen molar-refractivity contribution in [2.24, 2.45) is 0 Å². The molecule has 0 aliphatic heterocycles. The third kappa shape index (κ3) is 5.64. The van der Waals surface area contributed by atoms with Crippen LogP contribution in [0.2, 0.25) is 5.28 Å². The smallest absolute Gasteiger partial charge is 0.407 e. The number of hydrogen-bond acceptors (Lipinski definition) is 7. The number of aromatic nitrogens is 6. The number of aryl methyl sites for hydroxylation is 2. The quantitative estimate of drug-likeness (QED) is 0.240. The van der Waals surface area contributed by atoms with Gasteiger partial charge in [-0.05, 0) is 62.4 Å². The molecule has 35 heavy (non-hydrogen) atoms. The minimum Gasteiger partial charge on any atom is -0.450 e. The third-order valence-electron chi connectivity index (χ3n) is 5.74. The van der Waals surface area contributed by atoms with Crippen molar-refractivity contribution >= 4 is 45.7 Å². The fourth-order valence-corrected chi connectivity index (χ4v) is 4.32. The number of alkyl carbamates (subject to hydrolysis) is 1. The zero-order chi connectivity index (χ0) is 24.9. The molecule has 0 atom stereocenters. The van der Waals surface area contributed by atoms with E-state index in [1.165, 1.54) is 0 Å². The Balaban J connectivity index is 1.25. The van der Waals surface area contributed by atoms with E-state index in [-0.39, 0.29) is 11.1 Å². The van der Waals surface area contributed by atoms with Gasteiger partial charge in [-0.3, -0.25) is 0 Å². The van der Waals surface area contributed by atoms with Crippen LogP contribution in [0.4, 0.5) is 10.6 Å². The Bertz CT molecular complexity index is 1330. The van der Waals surface area contributed by atoms with Gasteiger partial charge in [-0.25, -0.2) is 14.8 Å². The number of rotatable bonds is 10. The number of nitrogen functional groups attached to an aromatic ring is 1. The minimum atomic E-state index is -0.436. The van der Waals surface area contributed by atoms with Crippen molar-refractivity contribution < 1.29 is 9.53 Å². The van der Waals surface area contributed by atoms with Gasteiger partial charge in [0.2, 0.25) is 5.28 Å². The van der Waals surface area contributed by atoms with E-state index in [4.69, 9.17) is 27.1 Å². The summed E-state index contributed by atoms with van der Waals surface area (Å²) in [6.07, 6.45) is 4.69. The Hall–Kier alpha value is -3.40. The molecule has 0 aliphatic carbocycles. The molecule has 3 heterocycles. The van der Waals surface area contributed by atoms with Crippen LogP contribution in [-0.2, 0) is 24.2 Å². The van der Waals surface area contributed by atoms with E-state index < -0.39 is 6.09 Å². The average Bonchev–Trinajstić information content (AvgIpc) is 3.38. The first-order valence-electron chi connectivity index (χ1n) is 11.9. The monoisotopic (exact) mass is 498 g/mol. The number of nitrogens with zero attached hydrogens (tertiary/aromatic N) is 6. The normalized spacial score (nSPS) is 11.6. The van der Waals surface area contributed by atoms with Crippen molar-refractivity contribution in [1.29, 1.82) is 0 Å². The van der Waals surface area contributed by atoms with Crippen LogP contribution in [0.3, 0.4) is 0 Å². The number of halogens is 1. The first-order chi connectivity index (χ1) is 16.9. The zero-order valence-corrected chi connectivity index (χ0v) is 21.0. The van der Waals surface area contributed by atoms with Crippen molar-refractivity contribution in [3.63, 3.8) is 0 Å². The van der Waals surface area contributed by atoms with Crippen molar-refractivity contribution in [1.82, 2.24) is 34.4 Å². The number of hydrogen-bond donors (Lipinski definition) is 2. The molecule has 0 spiro atoms. The van der Waals surface area contributed by atoms with E-state index in [2.05, 4.69) is 51.7 Å². The lowest BCUT2D eigenvalue weighted by atomic mass is 10.2. The highest BCUT2D eigenvalue weighted by atomic mass is 35.5. The van der Waals surface area contributed by atoms with Crippen molar-refractivity contribution in [2.45, 2.75) is 65.6 Å². The molecule has 0 saturated carbocycles. The van der Waals surface area contributed by atoms with Gasteiger partial charge in [0.25, 0.3) is 0 Å². The highest BCUT2D eigenvalue weighted by Gasteiger charge is 2.14. The van der Waals surface area contributed by atoms with Gasteiger partial charge in [0.1, 0.15) is 11.3 Å². The van der Waals surface area contributed by atoms with E-state index in [9.17, 15) is 4.79 Å². The minimum absolute atomic E-state index is 0.0889. The van der Waals surface area contributed by atoms with Crippen LogP contribution >= 0.6 is 11.6 Å². The van der Waals surface area contributed by atoms with Gasteiger partial charge >= 0.3 is 6.09 Å². The van der Waals surface area contributed by atoms with Gasteiger partial charge in [0, 0.05) is 25.6 Å². The number of nitrogens with two attached hydrogens (primary N) is 1. The molecule has 0 unspecified atom stereocenters. The van der Waals surface area contributed by atoms with Crippen LogP contribution in [0.5, 0.6) is 0 Å². The molecule has 1 aromatic carbocycles. The second kappa shape index (κ2) is 10.9. The highest BCUT2D eigenvalue weighted by molar-refractivity contribution is 6.28. The first-order valence-corrected chi connectivity index (χ1v) is 12.3. The molecule has 3 N–H and O–H groups in total. The molecule has 10 nitrogen and oxygen atoms in total.